The molecular weight excluding hydrogens is 406 g/mol. The first-order valence-corrected chi connectivity index (χ1v) is 10.0. The summed E-state index contributed by atoms with van der Waals surface area (Å²) in [4.78, 5) is 14.5. The maximum absolute atomic E-state index is 14.5. The summed E-state index contributed by atoms with van der Waals surface area (Å²) in [7, 11) is 0. The normalized spacial score (nSPS) is 18.6. The van der Waals surface area contributed by atoms with E-state index in [1.165, 1.54) is 22.9 Å². The van der Waals surface area contributed by atoms with Gasteiger partial charge in [0.25, 0.3) is 0 Å². The van der Waals surface area contributed by atoms with Crippen LogP contribution in [0, 0.1) is 18.6 Å². The summed E-state index contributed by atoms with van der Waals surface area (Å²) in [6, 6.07) is 7.28. The van der Waals surface area contributed by atoms with E-state index in [-0.39, 0.29) is 17.9 Å². The molecule has 1 amide bonds. The molecule has 8 nitrogen and oxygen atoms in total. The smallest absolute Gasteiger partial charge is 0.226 e. The Morgan fingerprint density at radius 3 is 2.39 bits per heavy atom. The van der Waals surface area contributed by atoms with Crippen molar-refractivity contribution in [2.24, 2.45) is 0 Å². The van der Waals surface area contributed by atoms with Crippen LogP contribution in [0.1, 0.15) is 29.2 Å². The van der Waals surface area contributed by atoms with Gasteiger partial charge in [0.15, 0.2) is 11.6 Å². The fraction of sp³-hybridized carbons (Fsp3) is 0.333. The average Bonchev–Trinajstić information content (AvgIpc) is 3.10. The van der Waals surface area contributed by atoms with Crippen LogP contribution in [0.15, 0.2) is 30.3 Å². The number of aryl methyl sites for hydroxylation is 1. The number of carbonyl (C=O) groups is 1. The molecule has 4 heterocycles. The Bertz CT molecular complexity index is 1120. The van der Waals surface area contributed by atoms with E-state index in [1.54, 1.807) is 13.0 Å². The van der Waals surface area contributed by atoms with Crippen LogP contribution in [0.2, 0.25) is 0 Å². The van der Waals surface area contributed by atoms with Crippen molar-refractivity contribution in [3.63, 3.8) is 0 Å². The molecule has 2 aromatic heterocycles. The van der Waals surface area contributed by atoms with Gasteiger partial charge in [0.05, 0.1) is 18.9 Å². The van der Waals surface area contributed by atoms with Crippen molar-refractivity contribution in [3.05, 3.63) is 58.8 Å². The van der Waals surface area contributed by atoms with E-state index < -0.39 is 17.6 Å². The Labute approximate surface area is 176 Å². The number of carbonyl (C=O) groups excluding carboxylic acids is 1. The summed E-state index contributed by atoms with van der Waals surface area (Å²) in [5.41, 5.74) is 0.999. The maximum Gasteiger partial charge on any atom is 0.226 e. The first-order valence-electron chi connectivity index (χ1n) is 10.0. The second-order valence-electron chi connectivity index (χ2n) is 7.55. The number of aromatic nitrogens is 4. The van der Waals surface area contributed by atoms with Crippen molar-refractivity contribution >= 4 is 17.5 Å². The van der Waals surface area contributed by atoms with Crippen LogP contribution in [-0.2, 0) is 9.53 Å². The van der Waals surface area contributed by atoms with Crippen LogP contribution in [0.25, 0.3) is 5.82 Å². The highest BCUT2D eigenvalue weighted by Crippen LogP contribution is 2.41. The lowest BCUT2D eigenvalue weighted by molar-refractivity contribution is -0.116. The fourth-order valence-electron chi connectivity index (χ4n) is 4.20. The van der Waals surface area contributed by atoms with Gasteiger partial charge < -0.3 is 15.0 Å². The molecule has 0 unspecified atom stereocenters. The molecule has 5 rings (SSSR count). The quantitative estimate of drug-likeness (QED) is 0.693. The zero-order valence-corrected chi connectivity index (χ0v) is 16.8. The number of nitrogens with one attached hydrogen (secondary N) is 1. The van der Waals surface area contributed by atoms with Gasteiger partial charge in [-0.3, -0.25) is 4.79 Å². The van der Waals surface area contributed by atoms with Crippen molar-refractivity contribution in [2.45, 2.75) is 19.3 Å². The van der Waals surface area contributed by atoms with Crippen LogP contribution in [0.4, 0.5) is 20.4 Å². The number of halogens is 2. The zero-order valence-electron chi connectivity index (χ0n) is 16.8. The van der Waals surface area contributed by atoms with Gasteiger partial charge in [0, 0.05) is 36.6 Å². The second-order valence-corrected chi connectivity index (χ2v) is 7.55. The SMILES string of the molecule is Cc1nn(-c2ccc(N3CCOCC3)nn2)c2c1[C@@H](c1c(F)cccc1F)CC(=O)N2. The van der Waals surface area contributed by atoms with Crippen molar-refractivity contribution in [2.75, 3.05) is 36.5 Å². The summed E-state index contributed by atoms with van der Waals surface area (Å²) < 4.78 is 35.8. The number of hydrogen-bond acceptors (Lipinski definition) is 6. The standard InChI is InChI=1S/C21H20F2N6O2/c1-12-19-13(20-14(22)3-2-4-15(20)23)11-18(30)24-21(19)29(27-12)17-6-5-16(25-26-17)28-7-9-31-10-8-28/h2-6,13H,7-11H2,1H3,(H,24,30)/t13-/m0/s1. The topological polar surface area (TPSA) is 85.2 Å². The number of anilines is 2. The molecule has 3 aromatic rings. The summed E-state index contributed by atoms with van der Waals surface area (Å²) in [6.07, 6.45) is -0.0704. The van der Waals surface area contributed by atoms with Gasteiger partial charge in [0.1, 0.15) is 17.5 Å². The van der Waals surface area contributed by atoms with E-state index in [1.807, 2.05) is 6.07 Å². The molecule has 1 saturated heterocycles. The van der Waals surface area contributed by atoms with Crippen LogP contribution in [-0.4, -0.2) is 52.2 Å². The first kappa shape index (κ1) is 19.6. The van der Waals surface area contributed by atoms with Gasteiger partial charge in [-0.05, 0) is 31.2 Å². The Balaban J connectivity index is 1.55. The van der Waals surface area contributed by atoms with Crippen molar-refractivity contribution in [1.82, 2.24) is 20.0 Å². The van der Waals surface area contributed by atoms with Crippen LogP contribution < -0.4 is 10.2 Å². The summed E-state index contributed by atoms with van der Waals surface area (Å²) in [6.45, 7) is 4.48. The van der Waals surface area contributed by atoms with Gasteiger partial charge in [-0.15, -0.1) is 10.2 Å². The Morgan fingerprint density at radius 2 is 1.71 bits per heavy atom. The van der Waals surface area contributed by atoms with Gasteiger partial charge in [-0.2, -0.15) is 9.78 Å². The third kappa shape index (κ3) is 3.42. The molecule has 1 N–H and O–H groups in total. The molecule has 2 aliphatic rings. The van der Waals surface area contributed by atoms with Gasteiger partial charge in [0.2, 0.25) is 5.91 Å². The summed E-state index contributed by atoms with van der Waals surface area (Å²) >= 11 is 0. The molecule has 1 atom stereocenters. The first-order chi connectivity index (χ1) is 15.0. The lowest BCUT2D eigenvalue weighted by Crippen LogP contribution is -2.36. The number of nitrogens with zero attached hydrogens (tertiary/aromatic N) is 5. The lowest BCUT2D eigenvalue weighted by Gasteiger charge is -2.27. The number of fused-ring (bicyclic) bond motifs is 1. The average molecular weight is 426 g/mol. The number of ether oxygens (including phenoxy) is 1. The Kier molecular flexibility index (Phi) is 4.85. The zero-order chi connectivity index (χ0) is 21.5. The fourth-order valence-corrected chi connectivity index (χ4v) is 4.20. The van der Waals surface area contributed by atoms with E-state index >= 15 is 0 Å². The Hall–Kier alpha value is -3.40. The van der Waals surface area contributed by atoms with E-state index in [9.17, 15) is 13.6 Å². The molecule has 1 aromatic carbocycles. The van der Waals surface area contributed by atoms with Crippen molar-refractivity contribution < 1.29 is 18.3 Å². The number of rotatable bonds is 3. The highest BCUT2D eigenvalue weighted by atomic mass is 19.1. The van der Waals surface area contributed by atoms with Gasteiger partial charge in [-0.25, -0.2) is 8.78 Å². The van der Waals surface area contributed by atoms with Gasteiger partial charge >= 0.3 is 0 Å². The number of hydrogen-bond donors (Lipinski definition) is 1. The van der Waals surface area contributed by atoms with Crippen LogP contribution in [0.5, 0.6) is 0 Å². The number of amides is 1. The predicted octanol–water partition coefficient (Wildman–Crippen LogP) is 2.56. The molecule has 2 aliphatic heterocycles. The highest BCUT2D eigenvalue weighted by molar-refractivity contribution is 5.95. The molecule has 0 spiro atoms. The third-order valence-corrected chi connectivity index (χ3v) is 5.64. The minimum atomic E-state index is -0.778. The summed E-state index contributed by atoms with van der Waals surface area (Å²) in [5.74, 6) is -1.02. The van der Waals surface area contributed by atoms with E-state index in [0.717, 1.165) is 18.9 Å². The minimum absolute atomic E-state index is 0.0704. The molecule has 0 aliphatic carbocycles. The summed E-state index contributed by atoms with van der Waals surface area (Å²) in [5, 5.41) is 15.8. The largest absolute Gasteiger partial charge is 0.378 e. The van der Waals surface area contributed by atoms with E-state index in [0.29, 0.717) is 36.1 Å². The molecule has 0 bridgehead atoms. The molecule has 10 heteroatoms. The molecule has 31 heavy (non-hydrogen) atoms. The van der Waals surface area contributed by atoms with E-state index in [4.69, 9.17) is 4.74 Å². The molecular formula is C21H20F2N6O2. The molecule has 0 saturated carbocycles. The second kappa shape index (κ2) is 7.69. The molecule has 1 fully saturated rings. The highest BCUT2D eigenvalue weighted by Gasteiger charge is 2.35. The third-order valence-electron chi connectivity index (χ3n) is 5.64. The Morgan fingerprint density at radius 1 is 1.03 bits per heavy atom. The number of morpholine rings is 1. The van der Waals surface area contributed by atoms with Crippen LogP contribution in [0.3, 0.4) is 0 Å². The van der Waals surface area contributed by atoms with Crippen molar-refractivity contribution in [3.8, 4) is 5.82 Å². The lowest BCUT2D eigenvalue weighted by atomic mass is 9.85. The maximum atomic E-state index is 14.5. The monoisotopic (exact) mass is 426 g/mol. The van der Waals surface area contributed by atoms with Gasteiger partial charge in [-0.1, -0.05) is 6.07 Å². The molecule has 0 radical (unpaired) electrons. The molecule has 160 valence electrons. The van der Waals surface area contributed by atoms with Crippen molar-refractivity contribution in [1.29, 1.82) is 0 Å². The van der Waals surface area contributed by atoms with Crippen LogP contribution >= 0.6 is 0 Å². The number of benzene rings is 1. The van der Waals surface area contributed by atoms with E-state index in [2.05, 4.69) is 25.5 Å². The minimum Gasteiger partial charge on any atom is -0.378 e. The predicted molar refractivity (Wildman–Crippen MR) is 108 cm³/mol.